The van der Waals surface area contributed by atoms with E-state index in [1.807, 2.05) is 19.1 Å². The van der Waals surface area contributed by atoms with Crippen LogP contribution in [0.2, 0.25) is 0 Å². The summed E-state index contributed by atoms with van der Waals surface area (Å²) in [6.45, 7) is 2.54. The van der Waals surface area contributed by atoms with Crippen molar-refractivity contribution in [2.75, 3.05) is 13.1 Å². The molecule has 0 spiro atoms. The molecule has 2 aromatic carbocycles. The summed E-state index contributed by atoms with van der Waals surface area (Å²) < 4.78 is 33.3. The zero-order valence-electron chi connectivity index (χ0n) is 19.8. The lowest BCUT2D eigenvalue weighted by Gasteiger charge is -2.32. The van der Waals surface area contributed by atoms with Crippen molar-refractivity contribution in [3.8, 4) is 11.4 Å². The maximum absolute atomic E-state index is 13.3. The molecule has 35 heavy (non-hydrogen) atoms. The van der Waals surface area contributed by atoms with Gasteiger partial charge >= 0.3 is 0 Å². The first-order chi connectivity index (χ1) is 17.0. The summed E-state index contributed by atoms with van der Waals surface area (Å²) in [7, 11) is -3.69. The van der Waals surface area contributed by atoms with Gasteiger partial charge in [0.15, 0.2) is 0 Å². The molecular weight excluding hydrogens is 464 g/mol. The Morgan fingerprint density at radius 3 is 2.69 bits per heavy atom. The lowest BCUT2D eigenvalue weighted by molar-refractivity contribution is -0.127. The van der Waals surface area contributed by atoms with Gasteiger partial charge in [0.05, 0.1) is 10.9 Å². The van der Waals surface area contributed by atoms with Crippen LogP contribution in [-0.4, -0.2) is 41.9 Å². The molecule has 1 aliphatic heterocycles. The number of fused-ring (bicyclic) bond motifs is 1. The van der Waals surface area contributed by atoms with Crippen molar-refractivity contribution in [3.63, 3.8) is 0 Å². The van der Waals surface area contributed by atoms with Gasteiger partial charge in [-0.3, -0.25) is 4.79 Å². The van der Waals surface area contributed by atoms with Crippen LogP contribution in [0.1, 0.15) is 55.7 Å². The molecule has 1 aliphatic carbocycles. The smallest absolute Gasteiger partial charge is 0.243 e. The summed E-state index contributed by atoms with van der Waals surface area (Å²) in [6, 6.07) is 14.9. The standard InChI is InChI=1S/C26H30N4O4S/c1-2-24-28-25(29-34-24)20-9-5-10-21(17-20)35(32,33)30-15-13-19(14-16-30)26(31)27-23-12-6-8-18-7-3-4-11-22(18)23/h3-5,7,9-11,17,19,23H,2,6,8,12-16H2,1H3,(H,27,31). The summed E-state index contributed by atoms with van der Waals surface area (Å²) in [5.41, 5.74) is 3.11. The van der Waals surface area contributed by atoms with Crippen molar-refractivity contribution >= 4 is 15.9 Å². The largest absolute Gasteiger partial charge is 0.349 e. The number of sulfonamides is 1. The number of nitrogens with zero attached hydrogens (tertiary/aromatic N) is 3. The van der Waals surface area contributed by atoms with Gasteiger partial charge in [0.25, 0.3) is 0 Å². The van der Waals surface area contributed by atoms with Gasteiger partial charge in [-0.25, -0.2) is 8.42 Å². The highest BCUT2D eigenvalue weighted by Crippen LogP contribution is 2.31. The molecule has 184 valence electrons. The van der Waals surface area contributed by atoms with Gasteiger partial charge in [-0.2, -0.15) is 9.29 Å². The lowest BCUT2D eigenvalue weighted by atomic mass is 9.87. The van der Waals surface area contributed by atoms with Crippen LogP contribution in [0.15, 0.2) is 57.9 Å². The Labute approximate surface area is 205 Å². The van der Waals surface area contributed by atoms with Crippen molar-refractivity contribution in [3.05, 3.63) is 65.5 Å². The molecule has 2 heterocycles. The number of nitrogens with one attached hydrogen (secondary N) is 1. The zero-order chi connectivity index (χ0) is 24.4. The van der Waals surface area contributed by atoms with Crippen molar-refractivity contribution in [2.45, 2.75) is 56.4 Å². The molecule has 3 aromatic rings. The summed E-state index contributed by atoms with van der Waals surface area (Å²) in [4.78, 5) is 17.5. The van der Waals surface area contributed by atoms with Crippen LogP contribution < -0.4 is 5.32 Å². The van der Waals surface area contributed by atoms with Gasteiger partial charge in [-0.15, -0.1) is 0 Å². The highest BCUT2D eigenvalue weighted by atomic mass is 32.2. The fraction of sp³-hybridized carbons (Fsp3) is 0.423. The minimum Gasteiger partial charge on any atom is -0.349 e. The highest BCUT2D eigenvalue weighted by Gasteiger charge is 2.33. The number of aryl methyl sites for hydroxylation is 2. The van der Waals surface area contributed by atoms with E-state index in [-0.39, 0.29) is 22.8 Å². The molecule has 1 aromatic heterocycles. The molecular formula is C26H30N4O4S. The minimum absolute atomic E-state index is 0.0228. The second kappa shape index (κ2) is 9.91. The molecule has 2 aliphatic rings. The Bertz CT molecular complexity index is 1310. The lowest BCUT2D eigenvalue weighted by Crippen LogP contribution is -2.44. The average Bonchev–Trinajstić information content (AvgIpc) is 3.39. The van der Waals surface area contributed by atoms with Crippen LogP contribution in [0.4, 0.5) is 0 Å². The Kier molecular flexibility index (Phi) is 6.71. The Morgan fingerprint density at radius 2 is 1.91 bits per heavy atom. The summed E-state index contributed by atoms with van der Waals surface area (Å²) in [6.07, 6.45) is 4.66. The van der Waals surface area contributed by atoms with Gasteiger partial charge in [-0.05, 0) is 55.4 Å². The first-order valence-corrected chi connectivity index (χ1v) is 13.7. The van der Waals surface area contributed by atoms with Crippen LogP contribution in [0.3, 0.4) is 0 Å². The maximum Gasteiger partial charge on any atom is 0.243 e. The number of rotatable bonds is 6. The van der Waals surface area contributed by atoms with E-state index in [4.69, 9.17) is 4.52 Å². The summed E-state index contributed by atoms with van der Waals surface area (Å²) >= 11 is 0. The third-order valence-electron chi connectivity index (χ3n) is 7.01. The third-order valence-corrected chi connectivity index (χ3v) is 8.91. The van der Waals surface area contributed by atoms with Gasteiger partial charge in [0.1, 0.15) is 0 Å². The average molecular weight is 495 g/mol. The highest BCUT2D eigenvalue weighted by molar-refractivity contribution is 7.89. The Morgan fingerprint density at radius 1 is 1.11 bits per heavy atom. The molecule has 0 saturated carbocycles. The summed E-state index contributed by atoms with van der Waals surface area (Å²) in [5.74, 6) is 0.715. The van der Waals surface area contributed by atoms with Crippen LogP contribution >= 0.6 is 0 Å². The number of hydrogen-bond donors (Lipinski definition) is 1. The van der Waals surface area contributed by atoms with Crippen molar-refractivity contribution in [1.29, 1.82) is 0 Å². The predicted molar refractivity (Wildman–Crippen MR) is 131 cm³/mol. The maximum atomic E-state index is 13.3. The zero-order valence-corrected chi connectivity index (χ0v) is 20.6. The van der Waals surface area contributed by atoms with Gasteiger partial charge in [0, 0.05) is 31.0 Å². The number of hydrogen-bond acceptors (Lipinski definition) is 6. The normalized spacial score (nSPS) is 19.3. The van der Waals surface area contributed by atoms with Crippen LogP contribution in [0.5, 0.6) is 0 Å². The first kappa shape index (κ1) is 23.7. The second-order valence-corrected chi connectivity index (χ2v) is 11.2. The molecule has 9 heteroatoms. The van der Waals surface area contributed by atoms with E-state index in [1.165, 1.54) is 15.4 Å². The molecule has 0 radical (unpaired) electrons. The fourth-order valence-electron chi connectivity index (χ4n) is 5.01. The molecule has 1 saturated heterocycles. The number of amides is 1. The number of carbonyl (C=O) groups excluding carboxylic acids is 1. The molecule has 8 nitrogen and oxygen atoms in total. The number of aromatic nitrogens is 2. The van der Waals surface area contributed by atoms with Crippen LogP contribution in [-0.2, 0) is 27.7 Å². The molecule has 1 amide bonds. The Hall–Kier alpha value is -3.04. The molecule has 1 N–H and O–H groups in total. The molecule has 1 atom stereocenters. The number of benzene rings is 2. The molecule has 1 unspecified atom stereocenters. The van der Waals surface area contributed by atoms with E-state index in [0.29, 0.717) is 49.6 Å². The monoisotopic (exact) mass is 494 g/mol. The van der Waals surface area contributed by atoms with Gasteiger partial charge in [0.2, 0.25) is 27.6 Å². The van der Waals surface area contributed by atoms with Crippen molar-refractivity contribution in [1.82, 2.24) is 19.8 Å². The molecule has 0 bridgehead atoms. The SMILES string of the molecule is CCc1nc(-c2cccc(S(=O)(=O)N3CCC(C(=O)NC4CCCc5ccccc54)CC3)c2)no1. The topological polar surface area (TPSA) is 105 Å². The van der Waals surface area contributed by atoms with E-state index in [2.05, 4.69) is 27.6 Å². The van der Waals surface area contributed by atoms with Crippen LogP contribution in [0.25, 0.3) is 11.4 Å². The first-order valence-electron chi connectivity index (χ1n) is 12.3. The molecule has 5 rings (SSSR count). The van der Waals surface area contributed by atoms with Crippen LogP contribution in [0, 0.1) is 5.92 Å². The van der Waals surface area contributed by atoms with E-state index in [0.717, 1.165) is 19.3 Å². The van der Waals surface area contributed by atoms with Gasteiger partial charge < -0.3 is 9.84 Å². The third kappa shape index (κ3) is 4.88. The van der Waals surface area contributed by atoms with E-state index >= 15 is 0 Å². The van der Waals surface area contributed by atoms with E-state index in [1.54, 1.807) is 24.3 Å². The number of carbonyl (C=O) groups is 1. The fourth-order valence-corrected chi connectivity index (χ4v) is 6.53. The van der Waals surface area contributed by atoms with Crippen molar-refractivity contribution in [2.24, 2.45) is 5.92 Å². The van der Waals surface area contributed by atoms with Gasteiger partial charge in [-0.1, -0.05) is 48.5 Å². The second-order valence-electron chi connectivity index (χ2n) is 9.22. The minimum atomic E-state index is -3.69. The molecule has 1 fully saturated rings. The van der Waals surface area contributed by atoms with E-state index < -0.39 is 10.0 Å². The Balaban J connectivity index is 1.23. The number of piperidine rings is 1. The summed E-state index contributed by atoms with van der Waals surface area (Å²) in [5, 5.41) is 7.18. The quantitative estimate of drug-likeness (QED) is 0.557. The van der Waals surface area contributed by atoms with E-state index in [9.17, 15) is 13.2 Å². The van der Waals surface area contributed by atoms with Crippen molar-refractivity contribution < 1.29 is 17.7 Å². The predicted octanol–water partition coefficient (Wildman–Crippen LogP) is 3.89.